The molecule has 0 saturated carbocycles. The van der Waals surface area contributed by atoms with Crippen molar-refractivity contribution in [1.29, 1.82) is 0 Å². The topological polar surface area (TPSA) is 92.3 Å². The van der Waals surface area contributed by atoms with Crippen molar-refractivity contribution in [2.24, 2.45) is 0 Å². The first-order valence-corrected chi connectivity index (χ1v) is 12.0. The van der Waals surface area contributed by atoms with Crippen molar-refractivity contribution < 1.29 is 13.2 Å². The largest absolute Gasteiger partial charge is 0.296 e. The number of carbonyl (C=O) groups is 1. The fraction of sp³-hybridized carbons (Fsp3) is 0.0870. The Labute approximate surface area is 189 Å². The van der Waals surface area contributed by atoms with Crippen LogP contribution in [-0.4, -0.2) is 41.7 Å². The first-order chi connectivity index (χ1) is 15.4. The zero-order valence-corrected chi connectivity index (χ0v) is 18.7. The summed E-state index contributed by atoms with van der Waals surface area (Å²) in [5.41, 5.74) is 1.59. The van der Waals surface area contributed by atoms with Crippen molar-refractivity contribution in [3.8, 4) is 0 Å². The van der Waals surface area contributed by atoms with E-state index in [1.54, 1.807) is 18.2 Å². The number of pyridine rings is 1. The van der Waals surface area contributed by atoms with Crippen LogP contribution < -0.4 is 5.32 Å². The quantitative estimate of drug-likeness (QED) is 0.389. The molecule has 2 heterocycles. The third-order valence-corrected chi connectivity index (χ3v) is 7.48. The van der Waals surface area contributed by atoms with E-state index in [1.165, 1.54) is 33.9 Å². The third kappa shape index (κ3) is 4.31. The van der Waals surface area contributed by atoms with Crippen molar-refractivity contribution in [1.82, 2.24) is 14.3 Å². The number of nitrogens with one attached hydrogen (secondary N) is 1. The summed E-state index contributed by atoms with van der Waals surface area (Å²) >= 11 is 1.20. The summed E-state index contributed by atoms with van der Waals surface area (Å²) in [6.45, 7) is 7.59. The summed E-state index contributed by atoms with van der Waals surface area (Å²) in [6.07, 6.45) is 3.06. The number of carbonyl (C=O) groups excluding carboxylic acids is 1. The van der Waals surface area contributed by atoms with Gasteiger partial charge in [0.15, 0.2) is 5.13 Å². The number of nitrogens with zero attached hydrogens (tertiary/aromatic N) is 3. The van der Waals surface area contributed by atoms with Crippen LogP contribution in [-0.2, 0) is 10.0 Å². The predicted molar refractivity (Wildman–Crippen MR) is 128 cm³/mol. The van der Waals surface area contributed by atoms with Crippen molar-refractivity contribution in [2.75, 3.05) is 18.4 Å². The van der Waals surface area contributed by atoms with Gasteiger partial charge in [0.25, 0.3) is 5.91 Å². The normalized spacial score (nSPS) is 11.7. The van der Waals surface area contributed by atoms with Crippen LogP contribution >= 0.6 is 11.3 Å². The number of fused-ring (bicyclic) bond motifs is 2. The van der Waals surface area contributed by atoms with Gasteiger partial charge in [-0.25, -0.2) is 18.4 Å². The van der Waals surface area contributed by atoms with Crippen LogP contribution in [0.15, 0.2) is 84.8 Å². The minimum Gasteiger partial charge on any atom is -0.296 e. The Kier molecular flexibility index (Phi) is 6.13. The summed E-state index contributed by atoms with van der Waals surface area (Å²) in [4.78, 5) is 21.6. The molecule has 1 N–H and O–H groups in total. The second-order valence-corrected chi connectivity index (χ2v) is 9.86. The van der Waals surface area contributed by atoms with E-state index in [0.29, 0.717) is 15.3 Å². The summed E-state index contributed by atoms with van der Waals surface area (Å²) < 4.78 is 27.9. The Morgan fingerprint density at radius 2 is 1.75 bits per heavy atom. The van der Waals surface area contributed by atoms with E-state index < -0.39 is 10.0 Å². The summed E-state index contributed by atoms with van der Waals surface area (Å²) in [7, 11) is -3.72. The van der Waals surface area contributed by atoms with Crippen LogP contribution in [0.3, 0.4) is 0 Å². The zero-order valence-electron chi connectivity index (χ0n) is 17.1. The lowest BCUT2D eigenvalue weighted by Crippen LogP contribution is -2.31. The molecule has 2 aromatic carbocycles. The van der Waals surface area contributed by atoms with E-state index in [-0.39, 0.29) is 29.6 Å². The SMILES string of the molecule is C=CCN(CC=C)S(=O)(=O)c1ccc2nc(NC(=O)c3ccc4ccccc4n3)sc2c1. The molecule has 0 saturated heterocycles. The maximum atomic E-state index is 13.0. The lowest BCUT2D eigenvalue weighted by Gasteiger charge is -2.18. The Morgan fingerprint density at radius 3 is 2.50 bits per heavy atom. The average Bonchev–Trinajstić information content (AvgIpc) is 3.20. The molecule has 0 fully saturated rings. The molecular weight excluding hydrogens is 444 g/mol. The molecule has 0 bridgehead atoms. The lowest BCUT2D eigenvalue weighted by molar-refractivity contribution is 0.102. The van der Waals surface area contributed by atoms with Gasteiger partial charge in [-0.15, -0.1) is 13.2 Å². The number of amides is 1. The van der Waals surface area contributed by atoms with Gasteiger partial charge in [-0.05, 0) is 30.3 Å². The highest BCUT2D eigenvalue weighted by Gasteiger charge is 2.23. The molecule has 32 heavy (non-hydrogen) atoms. The summed E-state index contributed by atoms with van der Waals surface area (Å²) in [5.74, 6) is -0.384. The molecule has 162 valence electrons. The van der Waals surface area contributed by atoms with Crippen LogP contribution in [0.25, 0.3) is 21.1 Å². The number of hydrogen-bond donors (Lipinski definition) is 1. The molecule has 0 atom stereocenters. The van der Waals surface area contributed by atoms with Gasteiger partial charge in [0, 0.05) is 18.5 Å². The average molecular weight is 465 g/mol. The Bertz CT molecular complexity index is 1430. The maximum Gasteiger partial charge on any atom is 0.276 e. The number of rotatable bonds is 8. The fourth-order valence-corrected chi connectivity index (χ4v) is 5.56. The maximum absolute atomic E-state index is 13.0. The summed E-state index contributed by atoms with van der Waals surface area (Å²) in [6, 6.07) is 15.7. The molecule has 0 aliphatic rings. The number of hydrogen-bond acceptors (Lipinski definition) is 6. The minimum absolute atomic E-state index is 0.145. The van der Waals surface area contributed by atoms with E-state index in [2.05, 4.69) is 28.4 Å². The first-order valence-electron chi connectivity index (χ1n) is 9.72. The Balaban J connectivity index is 1.60. The molecule has 0 aliphatic carbocycles. The van der Waals surface area contributed by atoms with Gasteiger partial charge in [0.2, 0.25) is 10.0 Å². The Morgan fingerprint density at radius 1 is 1.00 bits per heavy atom. The highest BCUT2D eigenvalue weighted by atomic mass is 32.2. The first kappa shape index (κ1) is 21.8. The molecule has 7 nitrogen and oxygen atoms in total. The standard InChI is InChI=1S/C23H20N4O3S2/c1-3-13-27(14-4-2)32(29,30)17-10-12-19-21(15-17)31-23(25-19)26-22(28)20-11-9-16-7-5-6-8-18(16)24-20/h3-12,15H,1-2,13-14H2,(H,25,26,28). The highest BCUT2D eigenvalue weighted by Crippen LogP contribution is 2.29. The zero-order chi connectivity index (χ0) is 22.7. The number of aromatic nitrogens is 2. The molecule has 4 aromatic rings. The Hall–Kier alpha value is -3.40. The minimum atomic E-state index is -3.72. The second-order valence-electron chi connectivity index (χ2n) is 6.89. The van der Waals surface area contributed by atoms with Crippen LogP contribution in [0.5, 0.6) is 0 Å². The van der Waals surface area contributed by atoms with Gasteiger partial charge in [0.05, 0.1) is 20.6 Å². The van der Waals surface area contributed by atoms with Gasteiger partial charge in [-0.2, -0.15) is 4.31 Å². The van der Waals surface area contributed by atoms with E-state index in [0.717, 1.165) is 10.9 Å². The molecule has 4 rings (SSSR count). The molecule has 0 unspecified atom stereocenters. The molecule has 9 heteroatoms. The molecule has 0 radical (unpaired) electrons. The molecular formula is C23H20N4O3S2. The van der Waals surface area contributed by atoms with Crippen LogP contribution in [0.4, 0.5) is 5.13 Å². The van der Waals surface area contributed by atoms with E-state index in [9.17, 15) is 13.2 Å². The fourth-order valence-electron chi connectivity index (χ4n) is 3.18. The van der Waals surface area contributed by atoms with Gasteiger partial charge in [0.1, 0.15) is 5.69 Å². The third-order valence-electron chi connectivity index (χ3n) is 4.71. The van der Waals surface area contributed by atoms with Crippen molar-refractivity contribution in [3.05, 3.63) is 85.6 Å². The van der Waals surface area contributed by atoms with Gasteiger partial charge in [-0.1, -0.05) is 47.8 Å². The molecule has 1 amide bonds. The number of benzene rings is 2. The smallest absolute Gasteiger partial charge is 0.276 e. The second kappa shape index (κ2) is 8.99. The summed E-state index contributed by atoms with van der Waals surface area (Å²) in [5, 5.41) is 4.06. The van der Waals surface area contributed by atoms with E-state index >= 15 is 0 Å². The van der Waals surface area contributed by atoms with E-state index in [1.807, 2.05) is 30.3 Å². The van der Waals surface area contributed by atoms with Crippen LogP contribution in [0.1, 0.15) is 10.5 Å². The number of sulfonamides is 1. The molecule has 0 aliphatic heterocycles. The van der Waals surface area contributed by atoms with Gasteiger partial charge >= 0.3 is 0 Å². The van der Waals surface area contributed by atoms with Gasteiger partial charge in [-0.3, -0.25) is 10.1 Å². The van der Waals surface area contributed by atoms with Crippen molar-refractivity contribution in [2.45, 2.75) is 4.90 Å². The van der Waals surface area contributed by atoms with Crippen molar-refractivity contribution in [3.63, 3.8) is 0 Å². The predicted octanol–water partition coefficient (Wildman–Crippen LogP) is 4.46. The monoisotopic (exact) mass is 464 g/mol. The van der Waals surface area contributed by atoms with E-state index in [4.69, 9.17) is 0 Å². The lowest BCUT2D eigenvalue weighted by atomic mass is 10.2. The van der Waals surface area contributed by atoms with Crippen molar-refractivity contribution >= 4 is 53.5 Å². The van der Waals surface area contributed by atoms with Crippen LogP contribution in [0, 0.1) is 0 Å². The molecule has 2 aromatic heterocycles. The number of para-hydroxylation sites is 1. The highest BCUT2D eigenvalue weighted by molar-refractivity contribution is 7.89. The molecule has 0 spiro atoms. The van der Waals surface area contributed by atoms with Crippen LogP contribution in [0.2, 0.25) is 0 Å². The number of anilines is 1. The van der Waals surface area contributed by atoms with Gasteiger partial charge < -0.3 is 0 Å². The number of thiazole rings is 1.